The molecule has 1 N–H and O–H groups in total. The van der Waals surface area contributed by atoms with Crippen molar-refractivity contribution in [1.82, 2.24) is 9.88 Å². The van der Waals surface area contributed by atoms with Crippen LogP contribution < -0.4 is 5.32 Å². The van der Waals surface area contributed by atoms with Gasteiger partial charge in [0.05, 0.1) is 11.0 Å². The molecule has 5 heteroatoms. The molecule has 2 atom stereocenters. The highest BCUT2D eigenvalue weighted by atomic mass is 16.3. The van der Waals surface area contributed by atoms with E-state index in [1.807, 2.05) is 6.07 Å². The second-order valence-electron chi connectivity index (χ2n) is 14.8. The molecule has 0 bridgehead atoms. The molecular formula is C51H38N4O. The number of fused-ring (bicyclic) bond motifs is 6. The first kappa shape index (κ1) is 32.5. The van der Waals surface area contributed by atoms with Crippen molar-refractivity contribution in [2.75, 3.05) is 0 Å². The van der Waals surface area contributed by atoms with E-state index in [1.165, 1.54) is 32.9 Å². The second kappa shape index (κ2) is 13.4. The number of aromatic nitrogens is 1. The fourth-order valence-electron chi connectivity index (χ4n) is 8.74. The first-order valence-corrected chi connectivity index (χ1v) is 19.5. The Kier molecular flexibility index (Phi) is 7.76. The first-order chi connectivity index (χ1) is 27.8. The number of hydrogen-bond donors (Lipinski definition) is 1. The van der Waals surface area contributed by atoms with E-state index < -0.39 is 0 Å². The Bertz CT molecular complexity index is 3040. The second-order valence-corrected chi connectivity index (χ2v) is 14.8. The van der Waals surface area contributed by atoms with Gasteiger partial charge >= 0.3 is 0 Å². The number of furan rings is 1. The highest BCUT2D eigenvalue weighted by Crippen LogP contribution is 2.41. The van der Waals surface area contributed by atoms with Crippen molar-refractivity contribution in [1.29, 1.82) is 0 Å². The zero-order chi connectivity index (χ0) is 37.0. The van der Waals surface area contributed by atoms with Crippen molar-refractivity contribution in [2.45, 2.75) is 25.4 Å². The van der Waals surface area contributed by atoms with Crippen LogP contribution in [0.5, 0.6) is 0 Å². The van der Waals surface area contributed by atoms with Crippen molar-refractivity contribution in [3.05, 3.63) is 193 Å². The maximum Gasteiger partial charge on any atom is 0.169 e. The van der Waals surface area contributed by atoms with Gasteiger partial charge in [-0.05, 0) is 83.5 Å². The molecule has 3 aliphatic rings. The molecule has 6 aromatic carbocycles. The van der Waals surface area contributed by atoms with Gasteiger partial charge in [0, 0.05) is 44.8 Å². The Labute approximate surface area is 325 Å². The lowest BCUT2D eigenvalue weighted by atomic mass is 9.95. The number of aliphatic imine (C=N–C) groups is 2. The van der Waals surface area contributed by atoms with Crippen molar-refractivity contribution in [3.63, 3.8) is 0 Å². The third kappa shape index (κ3) is 5.46. The summed E-state index contributed by atoms with van der Waals surface area (Å²) in [5.74, 6) is 1.96. The summed E-state index contributed by atoms with van der Waals surface area (Å²) in [5, 5.41) is 8.30. The van der Waals surface area contributed by atoms with E-state index in [0.29, 0.717) is 0 Å². The van der Waals surface area contributed by atoms with Crippen LogP contribution in [0.2, 0.25) is 0 Å². The van der Waals surface area contributed by atoms with E-state index in [2.05, 4.69) is 180 Å². The van der Waals surface area contributed by atoms with Crippen molar-refractivity contribution < 1.29 is 4.42 Å². The fourth-order valence-corrected chi connectivity index (χ4v) is 8.74. The summed E-state index contributed by atoms with van der Waals surface area (Å²) < 4.78 is 9.08. The Balaban J connectivity index is 1.02. The molecule has 11 rings (SSSR count). The minimum absolute atomic E-state index is 0.173. The molecule has 0 amide bonds. The summed E-state index contributed by atoms with van der Waals surface area (Å²) in [6, 6.07) is 47.5. The molecule has 0 saturated carbocycles. The van der Waals surface area contributed by atoms with Gasteiger partial charge in [0.25, 0.3) is 0 Å². The van der Waals surface area contributed by atoms with Crippen LogP contribution in [0.15, 0.2) is 190 Å². The van der Waals surface area contributed by atoms with Gasteiger partial charge in [-0.1, -0.05) is 134 Å². The van der Waals surface area contributed by atoms with Gasteiger partial charge in [0.1, 0.15) is 22.8 Å². The minimum atomic E-state index is -0.374. The molecule has 2 aliphatic carbocycles. The Hall–Kier alpha value is -6.98. The molecular weight excluding hydrogens is 685 g/mol. The van der Waals surface area contributed by atoms with Gasteiger partial charge in [0.2, 0.25) is 0 Å². The van der Waals surface area contributed by atoms with Gasteiger partial charge in [0.15, 0.2) is 6.17 Å². The Morgan fingerprint density at radius 1 is 0.625 bits per heavy atom. The average Bonchev–Trinajstić information content (AvgIpc) is 3.83. The van der Waals surface area contributed by atoms with E-state index in [9.17, 15) is 0 Å². The largest absolute Gasteiger partial charge is 0.456 e. The lowest BCUT2D eigenvalue weighted by molar-refractivity contribution is 0.668. The molecule has 0 fully saturated rings. The van der Waals surface area contributed by atoms with Gasteiger partial charge in [-0.15, -0.1) is 0 Å². The first-order valence-electron chi connectivity index (χ1n) is 19.5. The summed E-state index contributed by atoms with van der Waals surface area (Å²) in [6.07, 6.45) is 18.2. The average molecular weight is 723 g/mol. The summed E-state index contributed by atoms with van der Waals surface area (Å²) in [7, 11) is 0. The van der Waals surface area contributed by atoms with E-state index in [1.54, 1.807) is 0 Å². The van der Waals surface area contributed by atoms with E-state index in [0.717, 1.165) is 80.8 Å². The monoisotopic (exact) mass is 722 g/mol. The Morgan fingerprint density at radius 3 is 2.36 bits per heavy atom. The summed E-state index contributed by atoms with van der Waals surface area (Å²) in [4.78, 5) is 10.4. The number of rotatable bonds is 6. The molecule has 1 aliphatic heterocycles. The van der Waals surface area contributed by atoms with Crippen LogP contribution in [0.4, 0.5) is 0 Å². The molecule has 5 nitrogen and oxygen atoms in total. The van der Waals surface area contributed by atoms with Crippen molar-refractivity contribution in [2.24, 2.45) is 15.9 Å². The molecule has 0 saturated heterocycles. The molecule has 2 aromatic heterocycles. The maximum absolute atomic E-state index is 6.69. The van der Waals surface area contributed by atoms with Gasteiger partial charge in [-0.25, -0.2) is 9.98 Å². The zero-order valence-corrected chi connectivity index (χ0v) is 30.8. The van der Waals surface area contributed by atoms with E-state index >= 15 is 0 Å². The summed E-state index contributed by atoms with van der Waals surface area (Å²) in [5.41, 5.74) is 12.1. The molecule has 268 valence electrons. The van der Waals surface area contributed by atoms with E-state index in [-0.39, 0.29) is 12.1 Å². The molecule has 0 spiro atoms. The van der Waals surface area contributed by atoms with Crippen LogP contribution in [0.25, 0.3) is 66.1 Å². The number of para-hydroxylation sites is 1. The quantitative estimate of drug-likeness (QED) is 0.186. The molecule has 2 unspecified atom stereocenters. The molecule has 0 radical (unpaired) electrons. The van der Waals surface area contributed by atoms with E-state index in [4.69, 9.17) is 14.4 Å². The number of allylic oxidation sites excluding steroid dienone is 7. The SMILES string of the molecule is C1=CCC(C2=NC(c3cccc(-c4cccc5oc6cc(-n7c8ccccc8c8c(C9=CCCC=C9)cccc87)ccc6c45)c3)N=C(c3ccccc3)N2)C=C1. The van der Waals surface area contributed by atoms with Gasteiger partial charge < -0.3 is 14.3 Å². The van der Waals surface area contributed by atoms with Gasteiger partial charge in [-0.2, -0.15) is 0 Å². The Morgan fingerprint density at radius 2 is 1.46 bits per heavy atom. The highest BCUT2D eigenvalue weighted by Gasteiger charge is 2.25. The minimum Gasteiger partial charge on any atom is -0.456 e. The standard InChI is InChI=1S/C51H38N4O/c1-4-15-33(16-5-1)39-24-13-27-44-47(39)41-23-10-11-26-43(41)55(44)38-29-30-42-46(32-38)56-45-28-14-25-40(48(42)45)36-21-12-22-37(31-36)51-53-49(34-17-6-2-7-18-34)52-50(54-51)35-19-8-3-9-20-35/h2-4,6-19,21-32,35,51H,1,5,20H2,(H,52,53,54). The fraction of sp³-hybridized carbons (Fsp3) is 0.0980. The van der Waals surface area contributed by atoms with Crippen molar-refractivity contribution >= 4 is 61.0 Å². The van der Waals surface area contributed by atoms with Crippen LogP contribution in [-0.4, -0.2) is 16.2 Å². The van der Waals surface area contributed by atoms with Gasteiger partial charge in [-0.3, -0.25) is 0 Å². The van der Waals surface area contributed by atoms with Crippen LogP contribution in [-0.2, 0) is 0 Å². The predicted octanol–water partition coefficient (Wildman–Crippen LogP) is 12.7. The molecule has 3 heterocycles. The van der Waals surface area contributed by atoms with Crippen LogP contribution in [0.1, 0.15) is 42.1 Å². The van der Waals surface area contributed by atoms with Crippen LogP contribution in [0, 0.1) is 5.92 Å². The number of benzene rings is 6. The lowest BCUT2D eigenvalue weighted by Crippen LogP contribution is -2.39. The smallest absolute Gasteiger partial charge is 0.169 e. The predicted molar refractivity (Wildman–Crippen MR) is 233 cm³/mol. The summed E-state index contributed by atoms with van der Waals surface area (Å²) >= 11 is 0. The third-order valence-electron chi connectivity index (χ3n) is 11.4. The number of amidine groups is 2. The molecule has 8 aromatic rings. The number of nitrogens with zero attached hydrogens (tertiary/aromatic N) is 3. The highest BCUT2D eigenvalue weighted by molar-refractivity contribution is 6.16. The normalized spacial score (nSPS) is 18.0. The maximum atomic E-state index is 6.69. The molecule has 56 heavy (non-hydrogen) atoms. The number of hydrogen-bond acceptors (Lipinski definition) is 4. The summed E-state index contributed by atoms with van der Waals surface area (Å²) in [6.45, 7) is 0. The zero-order valence-electron chi connectivity index (χ0n) is 30.8. The number of nitrogens with one attached hydrogen (secondary N) is 1. The van der Waals surface area contributed by atoms with Crippen molar-refractivity contribution in [3.8, 4) is 16.8 Å². The van der Waals surface area contributed by atoms with Crippen LogP contribution >= 0.6 is 0 Å². The van der Waals surface area contributed by atoms with Crippen LogP contribution in [0.3, 0.4) is 0 Å². The third-order valence-corrected chi connectivity index (χ3v) is 11.4. The topological polar surface area (TPSA) is 54.8 Å². The lowest BCUT2D eigenvalue weighted by Gasteiger charge is -2.26.